The number of halogens is 1. The Balaban J connectivity index is 0.000000934. The van der Waals surface area contributed by atoms with E-state index in [4.69, 9.17) is 16.4 Å². The second-order valence-electron chi connectivity index (χ2n) is 8.27. The Morgan fingerprint density at radius 2 is 2.03 bits per heavy atom. The van der Waals surface area contributed by atoms with Crippen molar-refractivity contribution in [3.05, 3.63) is 83.3 Å². The highest BCUT2D eigenvalue weighted by Gasteiger charge is 2.18. The molecule has 2 aromatic carbocycles. The van der Waals surface area contributed by atoms with Gasteiger partial charge in [0.05, 0.1) is 30.7 Å². The monoisotopic (exact) mass is 535 g/mol. The van der Waals surface area contributed by atoms with Crippen molar-refractivity contribution >= 4 is 47.3 Å². The molecule has 1 atom stereocenters. The van der Waals surface area contributed by atoms with Crippen LogP contribution >= 0.6 is 11.6 Å². The normalized spacial score (nSPS) is 15.8. The molecule has 0 unspecified atom stereocenters. The zero-order chi connectivity index (χ0) is 27.3. The van der Waals surface area contributed by atoms with Crippen LogP contribution < -0.4 is 16.0 Å². The third kappa shape index (κ3) is 8.35. The van der Waals surface area contributed by atoms with Crippen LogP contribution in [-0.2, 0) is 19.1 Å². The fraction of sp³-hybridized carbons (Fsp3) is 0.214. The molecule has 1 aliphatic heterocycles. The van der Waals surface area contributed by atoms with Gasteiger partial charge in [-0.15, -0.1) is 0 Å². The van der Waals surface area contributed by atoms with E-state index in [1.165, 1.54) is 13.2 Å². The molecule has 2 bridgehead atoms. The smallest absolute Gasteiger partial charge is 0.292 e. The minimum Gasteiger partial charge on any atom is -0.471 e. The molecule has 38 heavy (non-hydrogen) atoms. The number of aromatic nitrogens is 2. The van der Waals surface area contributed by atoms with E-state index >= 15 is 0 Å². The number of amides is 2. The number of allylic oxidation sites excluding steroid dienone is 1. The van der Waals surface area contributed by atoms with Gasteiger partial charge >= 0.3 is 0 Å². The lowest BCUT2D eigenvalue weighted by Crippen LogP contribution is -2.27. The Kier molecular flexibility index (Phi) is 10.7. The van der Waals surface area contributed by atoms with E-state index in [0.29, 0.717) is 42.3 Å². The maximum atomic E-state index is 12.7. The summed E-state index contributed by atoms with van der Waals surface area (Å²) >= 11 is 6.02. The van der Waals surface area contributed by atoms with E-state index in [1.807, 2.05) is 49.5 Å². The van der Waals surface area contributed by atoms with Gasteiger partial charge in [-0.25, -0.2) is 4.98 Å². The molecule has 2 amide bonds. The van der Waals surface area contributed by atoms with E-state index in [-0.39, 0.29) is 17.9 Å². The van der Waals surface area contributed by atoms with Gasteiger partial charge in [-0.2, -0.15) is 0 Å². The lowest BCUT2D eigenvalue weighted by molar-refractivity contribution is -0.126. The zero-order valence-corrected chi connectivity index (χ0v) is 21.9. The lowest BCUT2D eigenvalue weighted by Gasteiger charge is -2.14. The number of aromatic amines is 1. The summed E-state index contributed by atoms with van der Waals surface area (Å²) in [6, 6.07) is 12.7. The lowest BCUT2D eigenvalue weighted by atomic mass is 10.1. The van der Waals surface area contributed by atoms with Crippen LogP contribution in [0.5, 0.6) is 0 Å². The molecule has 198 valence electrons. The molecule has 0 radical (unpaired) electrons. The Bertz CT molecular complexity index is 1320. The number of carbonyl (C=O) groups excluding carboxylic acids is 3. The minimum absolute atomic E-state index is 0.0610. The molecule has 0 spiro atoms. The van der Waals surface area contributed by atoms with E-state index < -0.39 is 0 Å². The first kappa shape index (κ1) is 28.2. The number of nitrogens with zero attached hydrogens (tertiary/aromatic N) is 1. The Hall–Kier alpha value is -4.37. The van der Waals surface area contributed by atoms with Crippen LogP contribution in [0.25, 0.3) is 17.3 Å². The average molecular weight is 536 g/mol. The molecule has 3 aromatic rings. The van der Waals surface area contributed by atoms with Crippen LogP contribution in [0.15, 0.2) is 66.9 Å². The van der Waals surface area contributed by atoms with Gasteiger partial charge in [-0.05, 0) is 54.8 Å². The molecular formula is C28H30ClN5O4. The molecule has 1 aliphatic rings. The number of fused-ring (bicyclic) bond motifs is 4. The molecular weight excluding hydrogens is 506 g/mol. The quantitative estimate of drug-likeness (QED) is 0.204. The highest BCUT2D eigenvalue weighted by molar-refractivity contribution is 6.30. The molecule has 1 aromatic heterocycles. The van der Waals surface area contributed by atoms with Crippen molar-refractivity contribution < 1.29 is 19.1 Å². The highest BCUT2D eigenvalue weighted by Crippen LogP contribution is 2.31. The number of ether oxygens (including phenoxy) is 1. The van der Waals surface area contributed by atoms with Crippen LogP contribution in [0, 0.1) is 0 Å². The van der Waals surface area contributed by atoms with Crippen molar-refractivity contribution in [1.82, 2.24) is 15.3 Å². The first-order chi connectivity index (χ1) is 18.4. The molecule has 9 nitrogen and oxygen atoms in total. The second kappa shape index (κ2) is 14.4. The van der Waals surface area contributed by atoms with Gasteiger partial charge in [-0.1, -0.05) is 35.9 Å². The van der Waals surface area contributed by atoms with Crippen LogP contribution in [0.2, 0.25) is 5.02 Å². The Labute approximate surface area is 226 Å². The van der Waals surface area contributed by atoms with Crippen LogP contribution in [-0.4, -0.2) is 42.4 Å². The number of carbonyl (C=O) groups is 3. The molecule has 0 saturated heterocycles. The van der Waals surface area contributed by atoms with Gasteiger partial charge in [0.1, 0.15) is 5.82 Å². The fourth-order valence-corrected chi connectivity index (χ4v) is 3.91. The third-order valence-corrected chi connectivity index (χ3v) is 5.80. The number of nitrogens with one attached hydrogen (secondary N) is 4. The summed E-state index contributed by atoms with van der Waals surface area (Å²) < 4.78 is 3.86. The number of hydrogen-bond donors (Lipinski definition) is 4. The summed E-state index contributed by atoms with van der Waals surface area (Å²) in [4.78, 5) is 41.9. The fourth-order valence-electron chi connectivity index (χ4n) is 3.71. The summed E-state index contributed by atoms with van der Waals surface area (Å²) in [5.74, 6) is 0.337. The maximum Gasteiger partial charge on any atom is 0.292 e. The first-order valence-corrected chi connectivity index (χ1v) is 12.3. The Morgan fingerprint density at radius 3 is 2.76 bits per heavy atom. The third-order valence-electron chi connectivity index (χ3n) is 5.56. The van der Waals surface area contributed by atoms with E-state index in [9.17, 15) is 9.59 Å². The first-order valence-electron chi connectivity index (χ1n) is 12.0. The van der Waals surface area contributed by atoms with E-state index in [0.717, 1.165) is 22.5 Å². The molecule has 4 N–H and O–H groups in total. The summed E-state index contributed by atoms with van der Waals surface area (Å²) in [5.41, 5.74) is 4.00. The van der Waals surface area contributed by atoms with E-state index in [1.54, 1.807) is 24.4 Å². The van der Waals surface area contributed by atoms with Gasteiger partial charge in [0.2, 0.25) is 11.8 Å². The topological polar surface area (TPSA) is 125 Å². The predicted molar refractivity (Wildman–Crippen MR) is 150 cm³/mol. The standard InChI is InChI=1S/C26H26ClN5O2.C2H4O2/c1-28-19-11-12-20-22(15-19)31-24(33)9-4-2-3-8-21(26-29-16-23(20)32-26)30-25(34)13-10-17-6-5-7-18(27)14-17;1-4-2-3/h2-3,5-7,10-16,21,28H,4,8-9H2,1H3,(H,29,32)(H,30,34)(H,31,33);2H,1H3/b3-2+,13-10+;/t21-;/m0./s1. The van der Waals surface area contributed by atoms with Gasteiger partial charge in [0, 0.05) is 35.8 Å². The number of rotatable bonds is 5. The highest BCUT2D eigenvalue weighted by atomic mass is 35.5. The average Bonchev–Trinajstić information content (AvgIpc) is 3.41. The largest absolute Gasteiger partial charge is 0.471 e. The molecule has 2 heterocycles. The Morgan fingerprint density at radius 1 is 1.21 bits per heavy atom. The van der Waals surface area contributed by atoms with Crippen molar-refractivity contribution in [2.75, 3.05) is 24.8 Å². The van der Waals surface area contributed by atoms with E-state index in [2.05, 4.69) is 30.7 Å². The van der Waals surface area contributed by atoms with Crippen molar-refractivity contribution in [2.45, 2.75) is 25.3 Å². The van der Waals surface area contributed by atoms with Crippen molar-refractivity contribution in [2.24, 2.45) is 0 Å². The molecule has 0 aliphatic carbocycles. The number of hydrogen-bond acceptors (Lipinski definition) is 6. The predicted octanol–water partition coefficient (Wildman–Crippen LogP) is 5.11. The van der Waals surface area contributed by atoms with Gasteiger partial charge in [0.25, 0.3) is 6.47 Å². The van der Waals surface area contributed by atoms with Gasteiger partial charge < -0.3 is 25.7 Å². The van der Waals surface area contributed by atoms with Crippen LogP contribution in [0.3, 0.4) is 0 Å². The molecule has 0 saturated carbocycles. The summed E-state index contributed by atoms with van der Waals surface area (Å²) in [7, 11) is 3.14. The molecule has 4 rings (SSSR count). The van der Waals surface area contributed by atoms with Crippen LogP contribution in [0.4, 0.5) is 11.4 Å². The minimum atomic E-state index is -0.356. The summed E-state index contributed by atoms with van der Waals surface area (Å²) in [5, 5.41) is 9.73. The van der Waals surface area contributed by atoms with Gasteiger partial charge in [0.15, 0.2) is 0 Å². The number of methoxy groups -OCH3 is 1. The van der Waals surface area contributed by atoms with Crippen molar-refractivity contribution in [3.63, 3.8) is 0 Å². The SMILES string of the molecule is CNc1ccc2c(c1)NC(=O)CC/C=C/C[C@H](NC(=O)/C=C/c1cccc(Cl)c1)c1ncc-2[nH]1.COC=O. The summed E-state index contributed by atoms with van der Waals surface area (Å²) in [6.45, 7) is 0.375. The number of anilines is 2. The number of benzene rings is 2. The van der Waals surface area contributed by atoms with Crippen LogP contribution in [0.1, 0.15) is 36.7 Å². The maximum absolute atomic E-state index is 12.7. The number of H-pyrrole nitrogens is 1. The van der Waals surface area contributed by atoms with Crippen molar-refractivity contribution in [3.8, 4) is 11.3 Å². The number of imidazole rings is 1. The summed E-state index contributed by atoms with van der Waals surface area (Å²) in [6.07, 6.45) is 10.3. The van der Waals surface area contributed by atoms with Gasteiger partial charge in [-0.3, -0.25) is 14.4 Å². The van der Waals surface area contributed by atoms with Crippen molar-refractivity contribution in [1.29, 1.82) is 0 Å². The molecule has 0 fully saturated rings. The zero-order valence-electron chi connectivity index (χ0n) is 21.2. The molecule has 10 heteroatoms. The second-order valence-corrected chi connectivity index (χ2v) is 8.70.